The summed E-state index contributed by atoms with van der Waals surface area (Å²) in [5.74, 6) is 0.767. The second kappa shape index (κ2) is 6.42. The molecular formula is C21H20BrClN2O3. The zero-order valence-corrected chi connectivity index (χ0v) is 17.7. The summed E-state index contributed by atoms with van der Waals surface area (Å²) in [6, 6.07) is 3.53. The van der Waals surface area contributed by atoms with Gasteiger partial charge in [-0.25, -0.2) is 0 Å². The van der Waals surface area contributed by atoms with Crippen molar-refractivity contribution >= 4 is 50.9 Å². The lowest BCUT2D eigenvalue weighted by atomic mass is 9.63. The van der Waals surface area contributed by atoms with Gasteiger partial charge in [-0.3, -0.25) is 19.3 Å². The van der Waals surface area contributed by atoms with E-state index in [1.165, 1.54) is 4.90 Å². The molecule has 2 bridgehead atoms. The Kier molecular flexibility index (Phi) is 4.22. The van der Waals surface area contributed by atoms with Crippen LogP contribution in [0.4, 0.5) is 5.69 Å². The molecule has 1 N–H and O–H groups in total. The number of hydrogen-bond acceptors (Lipinski definition) is 3. The summed E-state index contributed by atoms with van der Waals surface area (Å²) in [5, 5.41) is 3.34. The van der Waals surface area contributed by atoms with Crippen LogP contribution < -0.4 is 5.32 Å². The molecule has 3 amide bonds. The Morgan fingerprint density at radius 2 is 1.79 bits per heavy atom. The number of hydrogen-bond donors (Lipinski definition) is 1. The predicted molar refractivity (Wildman–Crippen MR) is 109 cm³/mol. The molecule has 4 aliphatic carbocycles. The van der Waals surface area contributed by atoms with Gasteiger partial charge in [0, 0.05) is 23.1 Å². The van der Waals surface area contributed by atoms with Crippen molar-refractivity contribution in [1.29, 1.82) is 0 Å². The molecule has 3 fully saturated rings. The van der Waals surface area contributed by atoms with Crippen molar-refractivity contribution in [2.45, 2.75) is 19.8 Å². The molecule has 0 spiro atoms. The molecule has 0 radical (unpaired) electrons. The molecule has 7 heteroatoms. The summed E-state index contributed by atoms with van der Waals surface area (Å²) in [4.78, 5) is 39.6. The normalized spacial score (nSPS) is 34.5. The molecule has 6 rings (SSSR count). The summed E-state index contributed by atoms with van der Waals surface area (Å²) >= 11 is 9.46. The first-order valence-corrected chi connectivity index (χ1v) is 10.8. The highest BCUT2D eigenvalue weighted by Gasteiger charge is 2.66. The van der Waals surface area contributed by atoms with Crippen LogP contribution in [0.2, 0.25) is 5.02 Å². The van der Waals surface area contributed by atoms with Crippen LogP contribution in [0.5, 0.6) is 0 Å². The number of anilines is 1. The van der Waals surface area contributed by atoms with Crippen LogP contribution >= 0.6 is 27.5 Å². The highest BCUT2D eigenvalue weighted by molar-refractivity contribution is 9.10. The fourth-order valence-corrected chi connectivity index (χ4v) is 6.07. The van der Waals surface area contributed by atoms with Gasteiger partial charge >= 0.3 is 0 Å². The van der Waals surface area contributed by atoms with Crippen LogP contribution in [-0.2, 0) is 14.4 Å². The molecule has 0 aromatic heterocycles. The average molecular weight is 464 g/mol. The highest BCUT2D eigenvalue weighted by Crippen LogP contribution is 2.65. The molecule has 1 aliphatic heterocycles. The third kappa shape index (κ3) is 2.68. The van der Waals surface area contributed by atoms with Crippen molar-refractivity contribution in [2.75, 3.05) is 11.9 Å². The van der Waals surface area contributed by atoms with Gasteiger partial charge in [-0.15, -0.1) is 0 Å². The molecule has 0 unspecified atom stereocenters. The number of rotatable bonds is 4. The quantitative estimate of drug-likeness (QED) is 0.546. The van der Waals surface area contributed by atoms with Crippen molar-refractivity contribution in [3.8, 4) is 0 Å². The van der Waals surface area contributed by atoms with Crippen LogP contribution in [0.15, 0.2) is 28.8 Å². The smallest absolute Gasteiger partial charge is 0.233 e. The van der Waals surface area contributed by atoms with E-state index in [2.05, 4.69) is 33.4 Å². The van der Waals surface area contributed by atoms with Crippen molar-refractivity contribution < 1.29 is 14.4 Å². The van der Waals surface area contributed by atoms with E-state index in [-0.39, 0.29) is 54.4 Å². The minimum absolute atomic E-state index is 0.0830. The lowest BCUT2D eigenvalue weighted by Crippen LogP contribution is -2.40. The number of halogens is 2. The van der Waals surface area contributed by atoms with Gasteiger partial charge in [0.25, 0.3) is 0 Å². The van der Waals surface area contributed by atoms with E-state index in [1.807, 2.05) is 13.0 Å². The van der Waals surface area contributed by atoms with E-state index in [0.717, 1.165) is 16.5 Å². The van der Waals surface area contributed by atoms with E-state index >= 15 is 0 Å². The summed E-state index contributed by atoms with van der Waals surface area (Å²) < 4.78 is 0.766. The fourth-order valence-electron chi connectivity index (χ4n) is 5.45. The Hall–Kier alpha value is -1.66. The number of nitrogens with one attached hydrogen (secondary N) is 1. The third-order valence-electron chi connectivity index (χ3n) is 6.86. The fraction of sp³-hybridized carbons (Fsp3) is 0.476. The maximum atomic E-state index is 12.9. The minimum atomic E-state index is -0.235. The van der Waals surface area contributed by atoms with Crippen LogP contribution in [-0.4, -0.2) is 29.2 Å². The molecule has 6 atom stereocenters. The number of aryl methyl sites for hydroxylation is 1. The van der Waals surface area contributed by atoms with E-state index < -0.39 is 0 Å². The lowest BCUT2D eigenvalue weighted by Gasteiger charge is -2.37. The number of carbonyl (C=O) groups is 3. The summed E-state index contributed by atoms with van der Waals surface area (Å²) in [5.41, 5.74) is 1.51. The maximum Gasteiger partial charge on any atom is 0.233 e. The van der Waals surface area contributed by atoms with E-state index in [1.54, 1.807) is 6.07 Å². The Bertz CT molecular complexity index is 910. The monoisotopic (exact) mass is 462 g/mol. The molecule has 28 heavy (non-hydrogen) atoms. The van der Waals surface area contributed by atoms with Crippen molar-refractivity contribution in [1.82, 2.24) is 4.90 Å². The summed E-state index contributed by atoms with van der Waals surface area (Å²) in [6.45, 7) is 2.01. The van der Waals surface area contributed by atoms with Crippen LogP contribution in [0, 0.1) is 42.4 Å². The summed E-state index contributed by atoms with van der Waals surface area (Å²) in [6.07, 6.45) is 5.54. The number of imide groups is 1. The number of carbonyl (C=O) groups excluding carboxylic acids is 3. The van der Waals surface area contributed by atoms with Crippen LogP contribution in [0.3, 0.4) is 0 Å². The Labute approximate surface area is 176 Å². The van der Waals surface area contributed by atoms with E-state index in [0.29, 0.717) is 22.5 Å². The highest BCUT2D eigenvalue weighted by atomic mass is 79.9. The molecule has 1 saturated heterocycles. The van der Waals surface area contributed by atoms with E-state index in [4.69, 9.17) is 11.6 Å². The van der Waals surface area contributed by atoms with Gasteiger partial charge in [0.2, 0.25) is 17.7 Å². The van der Waals surface area contributed by atoms with Gasteiger partial charge in [-0.2, -0.15) is 0 Å². The number of amides is 3. The number of nitrogens with zero attached hydrogens (tertiary/aromatic N) is 1. The Balaban J connectivity index is 1.25. The van der Waals surface area contributed by atoms with Gasteiger partial charge in [0.05, 0.1) is 16.9 Å². The molecule has 1 aromatic rings. The molecule has 5 nitrogen and oxygen atoms in total. The van der Waals surface area contributed by atoms with Crippen LogP contribution in [0.25, 0.3) is 0 Å². The van der Waals surface area contributed by atoms with Gasteiger partial charge in [-0.05, 0) is 70.6 Å². The zero-order valence-electron chi connectivity index (χ0n) is 15.3. The van der Waals surface area contributed by atoms with Gasteiger partial charge in [0.15, 0.2) is 0 Å². The predicted octanol–water partition coefficient (Wildman–Crippen LogP) is 3.79. The molecule has 1 aromatic carbocycles. The minimum Gasteiger partial charge on any atom is -0.326 e. The Morgan fingerprint density at radius 3 is 2.39 bits per heavy atom. The average Bonchev–Trinajstić information content (AvgIpc) is 3.43. The first-order chi connectivity index (χ1) is 13.4. The lowest BCUT2D eigenvalue weighted by molar-refractivity contribution is -0.140. The van der Waals surface area contributed by atoms with Gasteiger partial charge < -0.3 is 5.32 Å². The van der Waals surface area contributed by atoms with Crippen molar-refractivity contribution in [3.63, 3.8) is 0 Å². The topological polar surface area (TPSA) is 66.5 Å². The summed E-state index contributed by atoms with van der Waals surface area (Å²) in [7, 11) is 0. The zero-order chi connectivity index (χ0) is 19.7. The number of benzene rings is 1. The SMILES string of the molecule is Cc1cc(Br)c(Cl)cc1NC(=O)CCN1C(=O)[C@@H]2[C@@H]3C=C[C@H]([C@H]4C[C@H]34)[C@@H]2C1=O. The second-order valence-corrected chi connectivity index (χ2v) is 9.62. The second-order valence-electron chi connectivity index (χ2n) is 8.36. The van der Waals surface area contributed by atoms with E-state index in [9.17, 15) is 14.4 Å². The standard InChI is InChI=1S/C21H20BrClN2O3/c1-9-6-14(22)15(23)8-16(9)24-17(26)4-5-25-20(27)18-10-2-3-11(13-7-12(10)13)19(18)21(25)28/h2-3,6,8,10-13,18-19H,4-5,7H2,1H3,(H,24,26)/t10-,11-,12-,13-,18-,19+/m1/s1. The van der Waals surface area contributed by atoms with Crippen molar-refractivity contribution in [2.24, 2.45) is 35.5 Å². The van der Waals surface area contributed by atoms with Gasteiger partial charge in [-0.1, -0.05) is 23.8 Å². The molecule has 5 aliphatic rings. The third-order valence-corrected chi connectivity index (χ3v) is 8.06. The first kappa shape index (κ1) is 18.4. The van der Waals surface area contributed by atoms with Crippen LogP contribution in [0.1, 0.15) is 18.4 Å². The molecular weight excluding hydrogens is 444 g/mol. The Morgan fingerprint density at radius 1 is 1.18 bits per heavy atom. The van der Waals surface area contributed by atoms with Gasteiger partial charge in [0.1, 0.15) is 0 Å². The number of allylic oxidation sites excluding steroid dienone is 2. The molecule has 146 valence electrons. The maximum absolute atomic E-state index is 12.9. The largest absolute Gasteiger partial charge is 0.326 e. The number of likely N-dealkylation sites (tertiary alicyclic amines) is 1. The molecule has 1 heterocycles. The van der Waals surface area contributed by atoms with Crippen molar-refractivity contribution in [3.05, 3.63) is 39.3 Å². The molecule has 2 saturated carbocycles. The first-order valence-electron chi connectivity index (χ1n) is 9.66.